The van der Waals surface area contributed by atoms with E-state index in [2.05, 4.69) is 17.3 Å². The number of anilines is 1. The molecule has 0 atom stereocenters. The molecule has 1 N–H and O–H groups in total. The van der Waals surface area contributed by atoms with Gasteiger partial charge in [-0.2, -0.15) is 0 Å². The van der Waals surface area contributed by atoms with Crippen LogP contribution in [-0.2, 0) is 28.9 Å². The highest BCUT2D eigenvalue weighted by molar-refractivity contribution is 7.17. The SMILES string of the molecule is CCOC(=O)c1c(NC(=O)Cc2ccc(OC)cc2)sc2c1CCN(C)C2.Cl. The molecule has 1 aliphatic heterocycles. The minimum absolute atomic E-state index is 0. The molecule has 2 heterocycles. The van der Waals surface area contributed by atoms with Gasteiger partial charge in [0.15, 0.2) is 0 Å². The Kier molecular flexibility index (Phi) is 7.86. The highest BCUT2D eigenvalue weighted by atomic mass is 35.5. The Morgan fingerprint density at radius 1 is 1.25 bits per heavy atom. The summed E-state index contributed by atoms with van der Waals surface area (Å²) in [4.78, 5) is 28.4. The first-order valence-electron chi connectivity index (χ1n) is 8.94. The fourth-order valence-corrected chi connectivity index (χ4v) is 4.47. The van der Waals surface area contributed by atoms with Crippen molar-refractivity contribution in [2.45, 2.75) is 26.3 Å². The number of carbonyl (C=O) groups is 2. The maximum atomic E-state index is 12.5. The summed E-state index contributed by atoms with van der Waals surface area (Å²) in [5.74, 6) is 0.232. The van der Waals surface area contributed by atoms with Gasteiger partial charge < -0.3 is 19.7 Å². The smallest absolute Gasteiger partial charge is 0.341 e. The first kappa shape index (κ1) is 22.2. The number of likely N-dealkylation sites (N-methyl/N-ethyl adjacent to an activating group) is 1. The Bertz CT molecular complexity index is 835. The molecule has 1 aromatic heterocycles. The van der Waals surface area contributed by atoms with Crippen molar-refractivity contribution in [3.63, 3.8) is 0 Å². The monoisotopic (exact) mass is 424 g/mol. The van der Waals surface area contributed by atoms with Crippen molar-refractivity contribution in [1.82, 2.24) is 4.90 Å². The van der Waals surface area contributed by atoms with Gasteiger partial charge in [0.2, 0.25) is 5.91 Å². The van der Waals surface area contributed by atoms with E-state index in [1.54, 1.807) is 14.0 Å². The van der Waals surface area contributed by atoms with Gasteiger partial charge in [0, 0.05) is 18.0 Å². The van der Waals surface area contributed by atoms with E-state index in [1.807, 2.05) is 24.3 Å². The van der Waals surface area contributed by atoms with E-state index < -0.39 is 0 Å². The van der Waals surface area contributed by atoms with Gasteiger partial charge in [-0.25, -0.2) is 4.79 Å². The number of nitrogens with one attached hydrogen (secondary N) is 1. The van der Waals surface area contributed by atoms with Crippen LogP contribution >= 0.6 is 23.7 Å². The Hall–Kier alpha value is -2.09. The molecule has 6 nitrogen and oxygen atoms in total. The highest BCUT2D eigenvalue weighted by Crippen LogP contribution is 2.37. The lowest BCUT2D eigenvalue weighted by atomic mass is 10.0. The standard InChI is InChI=1S/C20H24N2O4S.ClH/c1-4-26-20(24)18-15-9-10-22(2)12-16(15)27-19(18)21-17(23)11-13-5-7-14(25-3)8-6-13;/h5-8H,4,9-12H2,1-3H3,(H,21,23);1H. The van der Waals surface area contributed by atoms with Crippen molar-refractivity contribution >= 4 is 40.6 Å². The largest absolute Gasteiger partial charge is 0.497 e. The van der Waals surface area contributed by atoms with Gasteiger partial charge in [0.05, 0.1) is 25.7 Å². The number of thiophene rings is 1. The van der Waals surface area contributed by atoms with Crippen LogP contribution in [0.3, 0.4) is 0 Å². The number of esters is 1. The average molecular weight is 425 g/mol. The van der Waals surface area contributed by atoms with E-state index >= 15 is 0 Å². The molecular weight excluding hydrogens is 400 g/mol. The second kappa shape index (κ2) is 9.91. The molecule has 1 amide bonds. The van der Waals surface area contributed by atoms with E-state index in [0.29, 0.717) is 17.2 Å². The number of methoxy groups -OCH3 is 1. The number of hydrogen-bond donors (Lipinski definition) is 1. The van der Waals surface area contributed by atoms with Crippen LogP contribution in [0.15, 0.2) is 24.3 Å². The van der Waals surface area contributed by atoms with Crippen molar-refractivity contribution in [2.24, 2.45) is 0 Å². The van der Waals surface area contributed by atoms with Gasteiger partial charge in [0.1, 0.15) is 10.8 Å². The summed E-state index contributed by atoms with van der Waals surface area (Å²) in [6, 6.07) is 7.37. The molecule has 0 aliphatic carbocycles. The molecule has 0 unspecified atom stereocenters. The maximum Gasteiger partial charge on any atom is 0.341 e. The number of rotatable bonds is 6. The van der Waals surface area contributed by atoms with Crippen LogP contribution in [0.25, 0.3) is 0 Å². The predicted octanol–water partition coefficient (Wildman–Crippen LogP) is 3.52. The third-order valence-electron chi connectivity index (χ3n) is 4.50. The summed E-state index contributed by atoms with van der Waals surface area (Å²) in [5.41, 5.74) is 2.41. The molecule has 8 heteroatoms. The molecular formula is C20H25ClN2O4S. The number of ether oxygens (including phenoxy) is 2. The Balaban J connectivity index is 0.00000280. The first-order valence-corrected chi connectivity index (χ1v) is 9.76. The molecule has 0 saturated carbocycles. The fourth-order valence-electron chi connectivity index (χ4n) is 3.14. The lowest BCUT2D eigenvalue weighted by Gasteiger charge is -2.22. The topological polar surface area (TPSA) is 67.9 Å². The normalized spacial score (nSPS) is 13.2. The van der Waals surface area contributed by atoms with Gasteiger partial charge in [-0.15, -0.1) is 23.7 Å². The Morgan fingerprint density at radius 3 is 2.61 bits per heavy atom. The Labute approximate surface area is 175 Å². The van der Waals surface area contributed by atoms with Crippen molar-refractivity contribution in [3.05, 3.63) is 45.8 Å². The minimum atomic E-state index is -0.362. The van der Waals surface area contributed by atoms with Crippen LogP contribution in [0.4, 0.5) is 5.00 Å². The number of fused-ring (bicyclic) bond motifs is 1. The number of benzene rings is 1. The number of nitrogens with zero attached hydrogens (tertiary/aromatic N) is 1. The number of carbonyl (C=O) groups excluding carboxylic acids is 2. The molecule has 1 aromatic carbocycles. The molecule has 2 aromatic rings. The fraction of sp³-hybridized carbons (Fsp3) is 0.400. The molecule has 0 saturated heterocycles. The summed E-state index contributed by atoms with van der Waals surface area (Å²) in [6.45, 7) is 3.76. The number of hydrogen-bond acceptors (Lipinski definition) is 6. The van der Waals surface area contributed by atoms with E-state index in [9.17, 15) is 9.59 Å². The summed E-state index contributed by atoms with van der Waals surface area (Å²) in [7, 11) is 3.66. The zero-order valence-corrected chi connectivity index (χ0v) is 17.9. The molecule has 28 heavy (non-hydrogen) atoms. The summed E-state index contributed by atoms with van der Waals surface area (Å²) < 4.78 is 10.4. The van der Waals surface area contributed by atoms with E-state index in [0.717, 1.165) is 41.3 Å². The predicted molar refractivity (Wildman–Crippen MR) is 113 cm³/mol. The summed E-state index contributed by atoms with van der Waals surface area (Å²) in [5, 5.41) is 3.52. The van der Waals surface area contributed by atoms with Gasteiger partial charge in [0.25, 0.3) is 0 Å². The molecule has 0 bridgehead atoms. The third kappa shape index (κ3) is 5.04. The lowest BCUT2D eigenvalue weighted by molar-refractivity contribution is -0.115. The highest BCUT2D eigenvalue weighted by Gasteiger charge is 2.28. The van der Waals surface area contributed by atoms with Crippen LogP contribution in [0.5, 0.6) is 5.75 Å². The van der Waals surface area contributed by atoms with Crippen LogP contribution in [0.1, 0.15) is 33.3 Å². The third-order valence-corrected chi connectivity index (χ3v) is 5.64. The van der Waals surface area contributed by atoms with Crippen LogP contribution < -0.4 is 10.1 Å². The molecule has 1 aliphatic rings. The summed E-state index contributed by atoms with van der Waals surface area (Å²) >= 11 is 1.47. The molecule has 0 fully saturated rings. The lowest BCUT2D eigenvalue weighted by Crippen LogP contribution is -2.26. The van der Waals surface area contributed by atoms with E-state index in [1.165, 1.54) is 11.3 Å². The zero-order valence-electron chi connectivity index (χ0n) is 16.2. The molecule has 0 radical (unpaired) electrons. The van der Waals surface area contributed by atoms with Crippen molar-refractivity contribution in [1.29, 1.82) is 0 Å². The van der Waals surface area contributed by atoms with E-state index in [4.69, 9.17) is 9.47 Å². The minimum Gasteiger partial charge on any atom is -0.497 e. The van der Waals surface area contributed by atoms with Crippen molar-refractivity contribution < 1.29 is 19.1 Å². The zero-order chi connectivity index (χ0) is 19.4. The van der Waals surface area contributed by atoms with Crippen LogP contribution in [0, 0.1) is 0 Å². The summed E-state index contributed by atoms with van der Waals surface area (Å²) in [6.07, 6.45) is 1.01. The van der Waals surface area contributed by atoms with Crippen LogP contribution in [-0.4, -0.2) is 44.1 Å². The molecule has 0 spiro atoms. The molecule has 152 valence electrons. The van der Waals surface area contributed by atoms with Gasteiger partial charge >= 0.3 is 5.97 Å². The number of amides is 1. The first-order chi connectivity index (χ1) is 13.0. The second-order valence-electron chi connectivity index (χ2n) is 6.49. The van der Waals surface area contributed by atoms with Gasteiger partial charge in [-0.05, 0) is 43.7 Å². The maximum absolute atomic E-state index is 12.5. The van der Waals surface area contributed by atoms with Crippen LogP contribution in [0.2, 0.25) is 0 Å². The average Bonchev–Trinajstić information content (AvgIpc) is 2.99. The van der Waals surface area contributed by atoms with Crippen molar-refractivity contribution in [3.8, 4) is 5.75 Å². The van der Waals surface area contributed by atoms with E-state index in [-0.39, 0.29) is 30.7 Å². The quantitative estimate of drug-likeness (QED) is 0.718. The molecule has 3 rings (SSSR count). The van der Waals surface area contributed by atoms with Crippen molar-refractivity contribution in [2.75, 3.05) is 32.6 Å². The second-order valence-corrected chi connectivity index (χ2v) is 7.59. The number of halogens is 1. The Morgan fingerprint density at radius 2 is 1.96 bits per heavy atom. The van der Waals surface area contributed by atoms with Gasteiger partial charge in [-0.3, -0.25) is 4.79 Å². The van der Waals surface area contributed by atoms with Gasteiger partial charge in [-0.1, -0.05) is 12.1 Å².